The second-order valence-corrected chi connectivity index (χ2v) is 9.27. The molecule has 3 saturated heterocycles. The molecule has 166 valence electrons. The number of piperazine rings is 1. The van der Waals surface area contributed by atoms with E-state index in [2.05, 4.69) is 50.3 Å². The maximum absolute atomic E-state index is 12.7. The number of aryl methyl sites for hydroxylation is 1. The molecular formula is C24H33N5O2. The number of nitrogens with zero attached hydrogens (tertiary/aromatic N) is 4. The zero-order valence-corrected chi connectivity index (χ0v) is 18.4. The molecule has 4 heterocycles. The third kappa shape index (κ3) is 4.34. The summed E-state index contributed by atoms with van der Waals surface area (Å²) in [5.41, 5.74) is 2.70. The third-order valence-electron chi connectivity index (χ3n) is 7.31. The second kappa shape index (κ2) is 8.63. The highest BCUT2D eigenvalue weighted by atomic mass is 16.5. The molecule has 2 aromatic rings. The number of carbonyl (C=O) groups is 1. The SMILES string of the molecule is Cc1cc(C(=O)N2CCC3(CC2)C[C@@H](N2CCN(c4ccccc4)CC2)CCO3)n[nH]1. The summed E-state index contributed by atoms with van der Waals surface area (Å²) < 4.78 is 6.36. The van der Waals surface area contributed by atoms with Crippen molar-refractivity contribution in [2.45, 2.75) is 44.2 Å². The Morgan fingerprint density at radius 2 is 1.84 bits per heavy atom. The molecule has 1 spiro atoms. The highest BCUT2D eigenvalue weighted by molar-refractivity contribution is 5.92. The van der Waals surface area contributed by atoms with Crippen molar-refractivity contribution in [3.8, 4) is 0 Å². The van der Waals surface area contributed by atoms with Crippen LogP contribution in [0.1, 0.15) is 41.9 Å². The Morgan fingerprint density at radius 3 is 2.52 bits per heavy atom. The van der Waals surface area contributed by atoms with Gasteiger partial charge in [0, 0.05) is 63.3 Å². The molecule has 1 atom stereocenters. The summed E-state index contributed by atoms with van der Waals surface area (Å²) in [4.78, 5) is 19.8. The number of amides is 1. The van der Waals surface area contributed by atoms with Gasteiger partial charge in [-0.05, 0) is 50.8 Å². The molecule has 0 bridgehead atoms. The lowest BCUT2D eigenvalue weighted by Gasteiger charge is -2.49. The van der Waals surface area contributed by atoms with Crippen molar-refractivity contribution in [2.75, 3.05) is 50.8 Å². The molecule has 0 radical (unpaired) electrons. The van der Waals surface area contributed by atoms with Crippen molar-refractivity contribution in [3.63, 3.8) is 0 Å². The Morgan fingerprint density at radius 1 is 1.10 bits per heavy atom. The number of hydrogen-bond donors (Lipinski definition) is 1. The van der Waals surface area contributed by atoms with E-state index < -0.39 is 0 Å². The number of benzene rings is 1. The Bertz CT molecular complexity index is 882. The molecular weight excluding hydrogens is 390 g/mol. The predicted molar refractivity (Wildman–Crippen MR) is 120 cm³/mol. The van der Waals surface area contributed by atoms with Gasteiger partial charge < -0.3 is 14.5 Å². The Hall–Kier alpha value is -2.38. The van der Waals surface area contributed by atoms with Crippen LogP contribution in [0.2, 0.25) is 0 Å². The van der Waals surface area contributed by atoms with E-state index in [1.165, 1.54) is 5.69 Å². The number of nitrogens with one attached hydrogen (secondary N) is 1. The summed E-state index contributed by atoms with van der Waals surface area (Å²) in [6.07, 6.45) is 4.04. The van der Waals surface area contributed by atoms with Crippen molar-refractivity contribution in [1.82, 2.24) is 20.0 Å². The van der Waals surface area contributed by atoms with Gasteiger partial charge in [0.1, 0.15) is 5.69 Å². The minimum Gasteiger partial charge on any atom is -0.375 e. The van der Waals surface area contributed by atoms with E-state index >= 15 is 0 Å². The molecule has 0 saturated carbocycles. The molecule has 3 aliphatic rings. The lowest BCUT2D eigenvalue weighted by Crippen LogP contribution is -2.57. The maximum Gasteiger partial charge on any atom is 0.274 e. The number of aromatic amines is 1. The predicted octanol–water partition coefficient (Wildman–Crippen LogP) is 2.69. The smallest absolute Gasteiger partial charge is 0.274 e. The van der Waals surface area contributed by atoms with Gasteiger partial charge in [-0.15, -0.1) is 0 Å². The highest BCUT2D eigenvalue weighted by Crippen LogP contribution is 2.37. The van der Waals surface area contributed by atoms with Gasteiger partial charge in [0.05, 0.1) is 5.60 Å². The van der Waals surface area contributed by atoms with Crippen LogP contribution in [-0.4, -0.2) is 83.4 Å². The Kier molecular flexibility index (Phi) is 5.71. The van der Waals surface area contributed by atoms with Crippen LogP contribution in [0.3, 0.4) is 0 Å². The average molecular weight is 424 g/mol. The van der Waals surface area contributed by atoms with Crippen molar-refractivity contribution < 1.29 is 9.53 Å². The number of para-hydroxylation sites is 1. The Balaban J connectivity index is 1.15. The van der Waals surface area contributed by atoms with Gasteiger partial charge in [-0.1, -0.05) is 18.2 Å². The van der Waals surface area contributed by atoms with E-state index in [9.17, 15) is 4.79 Å². The number of hydrogen-bond acceptors (Lipinski definition) is 5. The van der Waals surface area contributed by atoms with Crippen LogP contribution in [0, 0.1) is 6.92 Å². The molecule has 7 heteroatoms. The van der Waals surface area contributed by atoms with E-state index in [-0.39, 0.29) is 11.5 Å². The van der Waals surface area contributed by atoms with Gasteiger partial charge in [0.2, 0.25) is 0 Å². The Labute approximate surface area is 184 Å². The van der Waals surface area contributed by atoms with Crippen LogP contribution < -0.4 is 4.90 Å². The second-order valence-electron chi connectivity index (χ2n) is 9.27. The molecule has 31 heavy (non-hydrogen) atoms. The van der Waals surface area contributed by atoms with Crippen molar-refractivity contribution in [1.29, 1.82) is 0 Å². The van der Waals surface area contributed by atoms with Gasteiger partial charge in [-0.3, -0.25) is 14.8 Å². The standard InChI is InChI=1S/C24H33N5O2/c1-19-17-22(26-25-19)23(30)29-10-8-24(9-11-29)18-21(7-16-31-24)28-14-12-27(13-15-28)20-5-3-2-4-6-20/h2-6,17,21H,7-16,18H2,1H3,(H,25,26)/t21-/m0/s1. The fraction of sp³-hybridized carbons (Fsp3) is 0.583. The van der Waals surface area contributed by atoms with Crippen LogP contribution in [0.5, 0.6) is 0 Å². The largest absolute Gasteiger partial charge is 0.375 e. The molecule has 3 fully saturated rings. The monoisotopic (exact) mass is 423 g/mol. The molecule has 7 nitrogen and oxygen atoms in total. The van der Waals surface area contributed by atoms with Crippen molar-refractivity contribution in [2.24, 2.45) is 0 Å². The fourth-order valence-corrected chi connectivity index (χ4v) is 5.45. The maximum atomic E-state index is 12.7. The van der Waals surface area contributed by atoms with E-state index in [0.717, 1.165) is 77.3 Å². The van der Waals surface area contributed by atoms with Crippen molar-refractivity contribution >= 4 is 11.6 Å². The zero-order chi connectivity index (χ0) is 21.3. The quantitative estimate of drug-likeness (QED) is 0.822. The van der Waals surface area contributed by atoms with Crippen LogP contribution in [0.25, 0.3) is 0 Å². The number of likely N-dealkylation sites (tertiary alicyclic amines) is 1. The summed E-state index contributed by atoms with van der Waals surface area (Å²) in [5.74, 6) is 0.0311. The number of piperidine rings is 1. The number of ether oxygens (including phenoxy) is 1. The number of anilines is 1. The molecule has 1 aromatic carbocycles. The van der Waals surface area contributed by atoms with E-state index in [4.69, 9.17) is 4.74 Å². The van der Waals surface area contributed by atoms with Crippen LogP contribution >= 0.6 is 0 Å². The van der Waals surface area contributed by atoms with Gasteiger partial charge in [-0.2, -0.15) is 5.10 Å². The van der Waals surface area contributed by atoms with Crippen LogP contribution in [0.15, 0.2) is 36.4 Å². The van der Waals surface area contributed by atoms with E-state index in [1.54, 1.807) is 0 Å². The topological polar surface area (TPSA) is 64.7 Å². The first-order valence-corrected chi connectivity index (χ1v) is 11.6. The van der Waals surface area contributed by atoms with Gasteiger partial charge >= 0.3 is 0 Å². The molecule has 0 unspecified atom stereocenters. The number of carbonyl (C=O) groups excluding carboxylic acids is 1. The first kappa shape index (κ1) is 20.5. The molecule has 1 amide bonds. The van der Waals surface area contributed by atoms with Gasteiger partial charge in [0.25, 0.3) is 5.91 Å². The molecule has 3 aliphatic heterocycles. The number of H-pyrrole nitrogens is 1. The molecule has 5 rings (SSSR count). The number of aromatic nitrogens is 2. The molecule has 1 N–H and O–H groups in total. The average Bonchev–Trinajstić information content (AvgIpc) is 3.26. The first-order valence-electron chi connectivity index (χ1n) is 11.6. The fourth-order valence-electron chi connectivity index (χ4n) is 5.45. The lowest BCUT2D eigenvalue weighted by atomic mass is 9.81. The summed E-state index contributed by atoms with van der Waals surface area (Å²) in [7, 11) is 0. The van der Waals surface area contributed by atoms with Crippen molar-refractivity contribution in [3.05, 3.63) is 47.8 Å². The molecule has 1 aromatic heterocycles. The highest BCUT2D eigenvalue weighted by Gasteiger charge is 2.43. The number of rotatable bonds is 3. The minimum atomic E-state index is -0.0717. The van der Waals surface area contributed by atoms with E-state index in [0.29, 0.717) is 11.7 Å². The first-order chi connectivity index (χ1) is 15.1. The molecule has 0 aliphatic carbocycles. The third-order valence-corrected chi connectivity index (χ3v) is 7.31. The van der Waals surface area contributed by atoms with Gasteiger partial charge in [0.15, 0.2) is 0 Å². The summed E-state index contributed by atoms with van der Waals surface area (Å²) >= 11 is 0. The minimum absolute atomic E-state index is 0.0311. The van der Waals surface area contributed by atoms with Crippen LogP contribution in [-0.2, 0) is 4.74 Å². The van der Waals surface area contributed by atoms with E-state index in [1.807, 2.05) is 17.9 Å². The summed E-state index contributed by atoms with van der Waals surface area (Å²) in [6.45, 7) is 8.64. The van der Waals surface area contributed by atoms with Crippen LogP contribution in [0.4, 0.5) is 5.69 Å². The summed E-state index contributed by atoms with van der Waals surface area (Å²) in [6, 6.07) is 13.1. The zero-order valence-electron chi connectivity index (χ0n) is 18.4. The van der Waals surface area contributed by atoms with Gasteiger partial charge in [-0.25, -0.2) is 0 Å². The summed E-state index contributed by atoms with van der Waals surface area (Å²) in [5, 5.41) is 7.01. The lowest BCUT2D eigenvalue weighted by molar-refractivity contribution is -0.130. The normalized spacial score (nSPS) is 24.5.